The number of hydrogen-bond donors (Lipinski definition) is 2. The standard InChI is InChI=1S/C14H18N4O2S/c1-2-16-14-17-12(15)11(21-14)13(19)18(9-5-6-9)8-10-4-3-7-20-10/h3-4,7,9H,2,5-6,8,15H2,1H3,(H,16,17). The van der Waals surface area contributed by atoms with Crippen LogP contribution in [0.4, 0.5) is 10.9 Å². The van der Waals surface area contributed by atoms with Gasteiger partial charge in [0.05, 0.1) is 12.8 Å². The van der Waals surface area contributed by atoms with Crippen molar-refractivity contribution in [3.8, 4) is 0 Å². The molecule has 1 saturated carbocycles. The highest BCUT2D eigenvalue weighted by atomic mass is 32.1. The van der Waals surface area contributed by atoms with E-state index in [9.17, 15) is 4.79 Å². The predicted octanol–water partition coefficient (Wildman–Crippen LogP) is 2.55. The van der Waals surface area contributed by atoms with Crippen LogP contribution in [0.2, 0.25) is 0 Å². The van der Waals surface area contributed by atoms with Gasteiger partial charge in [-0.1, -0.05) is 11.3 Å². The van der Waals surface area contributed by atoms with Gasteiger partial charge in [-0.15, -0.1) is 0 Å². The fourth-order valence-corrected chi connectivity index (χ4v) is 3.07. The van der Waals surface area contributed by atoms with E-state index in [2.05, 4.69) is 10.3 Å². The maximum absolute atomic E-state index is 12.7. The fourth-order valence-electron chi connectivity index (χ4n) is 2.17. The van der Waals surface area contributed by atoms with Gasteiger partial charge in [0.1, 0.15) is 16.5 Å². The molecule has 0 bridgehead atoms. The number of nitrogens with one attached hydrogen (secondary N) is 1. The summed E-state index contributed by atoms with van der Waals surface area (Å²) in [6.07, 6.45) is 3.69. The Morgan fingerprint density at radius 1 is 1.62 bits per heavy atom. The molecule has 2 heterocycles. The second-order valence-electron chi connectivity index (χ2n) is 5.01. The lowest BCUT2D eigenvalue weighted by Gasteiger charge is -2.20. The number of carbonyl (C=O) groups is 1. The average molecular weight is 306 g/mol. The van der Waals surface area contributed by atoms with Crippen molar-refractivity contribution in [2.45, 2.75) is 32.4 Å². The molecule has 1 fully saturated rings. The van der Waals surface area contributed by atoms with Crippen LogP contribution in [0.3, 0.4) is 0 Å². The number of furan rings is 1. The van der Waals surface area contributed by atoms with E-state index in [1.54, 1.807) is 6.26 Å². The molecule has 7 heteroatoms. The molecule has 0 aromatic carbocycles. The van der Waals surface area contributed by atoms with Crippen molar-refractivity contribution in [3.05, 3.63) is 29.0 Å². The number of aromatic nitrogens is 1. The number of amides is 1. The Balaban J connectivity index is 1.80. The van der Waals surface area contributed by atoms with Crippen LogP contribution in [0.25, 0.3) is 0 Å². The van der Waals surface area contributed by atoms with E-state index in [-0.39, 0.29) is 11.9 Å². The summed E-state index contributed by atoms with van der Waals surface area (Å²) in [6.45, 7) is 3.20. The number of anilines is 2. The second-order valence-corrected chi connectivity index (χ2v) is 6.01. The maximum atomic E-state index is 12.7. The first-order valence-corrected chi connectivity index (χ1v) is 7.84. The topological polar surface area (TPSA) is 84.4 Å². The van der Waals surface area contributed by atoms with Crippen molar-refractivity contribution in [2.75, 3.05) is 17.6 Å². The zero-order valence-electron chi connectivity index (χ0n) is 11.8. The Labute approximate surface area is 127 Å². The van der Waals surface area contributed by atoms with Crippen molar-refractivity contribution in [1.82, 2.24) is 9.88 Å². The monoisotopic (exact) mass is 306 g/mol. The molecule has 3 N–H and O–H groups in total. The lowest BCUT2D eigenvalue weighted by Crippen LogP contribution is -2.32. The number of carbonyl (C=O) groups excluding carboxylic acids is 1. The number of thiazole rings is 1. The van der Waals surface area contributed by atoms with Crippen molar-refractivity contribution in [1.29, 1.82) is 0 Å². The first-order chi connectivity index (χ1) is 10.2. The number of nitrogens with two attached hydrogens (primary N) is 1. The molecule has 0 spiro atoms. The van der Waals surface area contributed by atoms with Gasteiger partial charge >= 0.3 is 0 Å². The summed E-state index contributed by atoms with van der Waals surface area (Å²) in [5.74, 6) is 1.02. The highest BCUT2D eigenvalue weighted by Crippen LogP contribution is 2.33. The van der Waals surface area contributed by atoms with Crippen molar-refractivity contribution >= 4 is 28.2 Å². The van der Waals surface area contributed by atoms with Gasteiger partial charge < -0.3 is 20.4 Å². The van der Waals surface area contributed by atoms with Crippen molar-refractivity contribution in [3.63, 3.8) is 0 Å². The molecular formula is C14H18N4O2S. The summed E-state index contributed by atoms with van der Waals surface area (Å²) in [7, 11) is 0. The molecule has 1 aliphatic carbocycles. The minimum Gasteiger partial charge on any atom is -0.467 e. The van der Waals surface area contributed by atoms with Crippen molar-refractivity contribution in [2.24, 2.45) is 0 Å². The van der Waals surface area contributed by atoms with Gasteiger partial charge in [-0.25, -0.2) is 4.98 Å². The highest BCUT2D eigenvalue weighted by molar-refractivity contribution is 7.18. The molecule has 1 amide bonds. The van der Waals surface area contributed by atoms with Crippen LogP contribution in [0, 0.1) is 0 Å². The number of nitrogen functional groups attached to an aromatic ring is 1. The normalized spacial score (nSPS) is 14.1. The van der Waals surface area contributed by atoms with Crippen LogP contribution in [0.15, 0.2) is 22.8 Å². The van der Waals surface area contributed by atoms with Crippen LogP contribution in [-0.2, 0) is 6.54 Å². The van der Waals surface area contributed by atoms with Gasteiger partial charge in [-0.3, -0.25) is 4.79 Å². The van der Waals surface area contributed by atoms with Crippen LogP contribution >= 0.6 is 11.3 Å². The second kappa shape index (κ2) is 5.77. The highest BCUT2D eigenvalue weighted by Gasteiger charge is 2.35. The van der Waals surface area contributed by atoms with Gasteiger partial charge in [-0.2, -0.15) is 0 Å². The first-order valence-electron chi connectivity index (χ1n) is 7.02. The third-order valence-corrected chi connectivity index (χ3v) is 4.35. The molecule has 112 valence electrons. The molecule has 0 atom stereocenters. The molecule has 2 aromatic rings. The zero-order chi connectivity index (χ0) is 14.8. The Bertz CT molecular complexity index is 619. The Kier molecular flexibility index (Phi) is 3.83. The molecule has 0 aliphatic heterocycles. The zero-order valence-corrected chi connectivity index (χ0v) is 12.7. The third-order valence-electron chi connectivity index (χ3n) is 3.33. The van der Waals surface area contributed by atoms with Gasteiger partial charge in [-0.05, 0) is 31.9 Å². The summed E-state index contributed by atoms with van der Waals surface area (Å²) in [4.78, 5) is 19.3. The van der Waals surface area contributed by atoms with E-state index in [0.717, 1.165) is 25.1 Å². The summed E-state index contributed by atoms with van der Waals surface area (Å²) >= 11 is 1.31. The van der Waals surface area contributed by atoms with Crippen LogP contribution < -0.4 is 11.1 Å². The summed E-state index contributed by atoms with van der Waals surface area (Å²) < 4.78 is 5.35. The molecule has 2 aromatic heterocycles. The maximum Gasteiger partial charge on any atom is 0.268 e. The van der Waals surface area contributed by atoms with Gasteiger partial charge in [0.15, 0.2) is 5.13 Å². The minimum atomic E-state index is -0.0620. The Morgan fingerprint density at radius 3 is 3.05 bits per heavy atom. The molecule has 0 radical (unpaired) electrons. The molecule has 1 aliphatic rings. The molecule has 21 heavy (non-hydrogen) atoms. The average Bonchev–Trinajstić information content (AvgIpc) is 3.04. The number of hydrogen-bond acceptors (Lipinski definition) is 6. The van der Waals surface area contributed by atoms with Crippen LogP contribution in [0.1, 0.15) is 35.2 Å². The largest absolute Gasteiger partial charge is 0.467 e. The summed E-state index contributed by atoms with van der Waals surface area (Å²) in [5.41, 5.74) is 5.89. The lowest BCUT2D eigenvalue weighted by molar-refractivity contribution is 0.0723. The molecule has 6 nitrogen and oxygen atoms in total. The van der Waals surface area contributed by atoms with E-state index in [4.69, 9.17) is 10.2 Å². The molecule has 3 rings (SSSR count). The van der Waals surface area contributed by atoms with E-state index >= 15 is 0 Å². The van der Waals surface area contributed by atoms with Crippen LogP contribution in [0.5, 0.6) is 0 Å². The minimum absolute atomic E-state index is 0.0620. The molecule has 0 unspecified atom stereocenters. The van der Waals surface area contributed by atoms with Gasteiger partial charge in [0.25, 0.3) is 5.91 Å². The SMILES string of the molecule is CCNc1nc(N)c(C(=O)N(Cc2ccco2)C2CC2)s1. The van der Waals surface area contributed by atoms with E-state index in [1.807, 2.05) is 24.0 Å². The summed E-state index contributed by atoms with van der Waals surface area (Å²) in [6, 6.07) is 3.99. The van der Waals surface area contributed by atoms with Gasteiger partial charge in [0.2, 0.25) is 0 Å². The lowest BCUT2D eigenvalue weighted by atomic mass is 10.3. The third kappa shape index (κ3) is 3.02. The molecule has 0 saturated heterocycles. The quantitative estimate of drug-likeness (QED) is 0.857. The smallest absolute Gasteiger partial charge is 0.268 e. The van der Waals surface area contributed by atoms with Crippen molar-refractivity contribution < 1.29 is 9.21 Å². The predicted molar refractivity (Wildman–Crippen MR) is 82.3 cm³/mol. The van der Waals surface area contributed by atoms with Crippen LogP contribution in [-0.4, -0.2) is 28.4 Å². The number of rotatable bonds is 6. The van der Waals surface area contributed by atoms with Gasteiger partial charge in [0, 0.05) is 12.6 Å². The molecular weight excluding hydrogens is 288 g/mol. The van der Waals surface area contributed by atoms with E-state index in [1.165, 1.54) is 11.3 Å². The van der Waals surface area contributed by atoms with E-state index < -0.39 is 0 Å². The number of nitrogens with zero attached hydrogens (tertiary/aromatic N) is 2. The first kappa shape index (κ1) is 13.9. The Morgan fingerprint density at radius 2 is 2.43 bits per heavy atom. The fraction of sp³-hybridized carbons (Fsp3) is 0.429. The Hall–Kier alpha value is -2.02. The van der Waals surface area contributed by atoms with E-state index in [0.29, 0.717) is 22.4 Å². The summed E-state index contributed by atoms with van der Waals surface area (Å²) in [5, 5.41) is 3.78.